The van der Waals surface area contributed by atoms with Crippen LogP contribution in [0.2, 0.25) is 0 Å². The molecule has 5 heteroatoms. The maximum Gasteiger partial charge on any atom is 0.317 e. The highest BCUT2D eigenvalue weighted by Crippen LogP contribution is 2.29. The van der Waals surface area contributed by atoms with Crippen molar-refractivity contribution in [1.82, 2.24) is 15.5 Å². The molecule has 1 aliphatic heterocycles. The summed E-state index contributed by atoms with van der Waals surface area (Å²) in [6.45, 7) is 2.15. The van der Waals surface area contributed by atoms with E-state index in [1.165, 1.54) is 5.56 Å². The molecule has 26 heavy (non-hydrogen) atoms. The highest BCUT2D eigenvalue weighted by molar-refractivity contribution is 5.81. The minimum absolute atomic E-state index is 0.00814. The lowest BCUT2D eigenvalue weighted by Gasteiger charge is -2.40. The van der Waals surface area contributed by atoms with Gasteiger partial charge in [-0.3, -0.25) is 4.79 Å². The van der Waals surface area contributed by atoms with Crippen LogP contribution in [0.1, 0.15) is 50.5 Å². The quantitative estimate of drug-likeness (QED) is 0.873. The van der Waals surface area contributed by atoms with Crippen LogP contribution in [-0.2, 0) is 11.2 Å². The molecule has 0 aromatic heterocycles. The molecule has 2 unspecified atom stereocenters. The first kappa shape index (κ1) is 18.7. The third kappa shape index (κ3) is 4.99. The number of hydrogen-bond donors (Lipinski definition) is 2. The molecule has 0 bridgehead atoms. The summed E-state index contributed by atoms with van der Waals surface area (Å²) in [5.74, 6) is 0.0837. The van der Waals surface area contributed by atoms with Crippen molar-refractivity contribution in [3.63, 3.8) is 0 Å². The molecule has 1 aliphatic carbocycles. The minimum atomic E-state index is -0.0540. The van der Waals surface area contributed by atoms with Crippen LogP contribution in [0.4, 0.5) is 4.79 Å². The highest BCUT2D eigenvalue weighted by atomic mass is 16.2. The number of urea groups is 1. The van der Waals surface area contributed by atoms with E-state index in [2.05, 4.69) is 22.8 Å². The number of benzene rings is 1. The van der Waals surface area contributed by atoms with Gasteiger partial charge in [-0.1, -0.05) is 43.2 Å². The molecule has 2 N–H and O–H groups in total. The summed E-state index contributed by atoms with van der Waals surface area (Å²) < 4.78 is 0. The molecule has 0 spiro atoms. The highest BCUT2D eigenvalue weighted by Gasteiger charge is 2.37. The fourth-order valence-corrected chi connectivity index (χ4v) is 4.19. The van der Waals surface area contributed by atoms with Gasteiger partial charge < -0.3 is 15.5 Å². The maximum absolute atomic E-state index is 12.9. The Bertz CT molecular complexity index is 590. The second-order valence-corrected chi connectivity index (χ2v) is 7.47. The monoisotopic (exact) mass is 357 g/mol. The standard InChI is InChI=1S/C21H31N3O2/c25-20-18-11-5-6-12-19(18)24(16-8-2-7-14-22-20)21(26)23-15-13-17-9-3-1-4-10-17/h1,3-4,9-10,18-19H,2,5-8,11-16H2,(H,22,25)(H,23,26). The van der Waals surface area contributed by atoms with Gasteiger partial charge in [-0.2, -0.15) is 0 Å². The van der Waals surface area contributed by atoms with E-state index in [9.17, 15) is 9.59 Å². The van der Waals surface area contributed by atoms with Crippen LogP contribution in [0, 0.1) is 5.92 Å². The molecule has 0 radical (unpaired) electrons. The van der Waals surface area contributed by atoms with E-state index in [0.717, 1.165) is 64.5 Å². The van der Waals surface area contributed by atoms with Gasteiger partial charge in [0.2, 0.25) is 5.91 Å². The van der Waals surface area contributed by atoms with Crippen LogP contribution in [-0.4, -0.2) is 42.5 Å². The normalized spacial score (nSPS) is 24.3. The fraction of sp³-hybridized carbons (Fsp3) is 0.619. The third-order valence-corrected chi connectivity index (χ3v) is 5.64. The van der Waals surface area contributed by atoms with Crippen LogP contribution in [0.3, 0.4) is 0 Å². The van der Waals surface area contributed by atoms with Crippen molar-refractivity contribution in [1.29, 1.82) is 0 Å². The second-order valence-electron chi connectivity index (χ2n) is 7.47. The number of nitrogens with zero attached hydrogens (tertiary/aromatic N) is 1. The third-order valence-electron chi connectivity index (χ3n) is 5.64. The van der Waals surface area contributed by atoms with E-state index >= 15 is 0 Å². The van der Waals surface area contributed by atoms with Crippen molar-refractivity contribution >= 4 is 11.9 Å². The Morgan fingerprint density at radius 1 is 1.08 bits per heavy atom. The van der Waals surface area contributed by atoms with Gasteiger partial charge in [-0.05, 0) is 44.1 Å². The number of carbonyl (C=O) groups excluding carboxylic acids is 2. The van der Waals surface area contributed by atoms with Gasteiger partial charge in [0.25, 0.3) is 0 Å². The maximum atomic E-state index is 12.9. The van der Waals surface area contributed by atoms with Gasteiger partial charge in [-0.15, -0.1) is 0 Å². The molecule has 3 rings (SSSR count). The summed E-state index contributed by atoms with van der Waals surface area (Å²) >= 11 is 0. The van der Waals surface area contributed by atoms with E-state index < -0.39 is 0 Å². The van der Waals surface area contributed by atoms with Gasteiger partial charge in [0.05, 0.1) is 5.92 Å². The molecular weight excluding hydrogens is 326 g/mol. The average molecular weight is 357 g/mol. The summed E-state index contributed by atoms with van der Waals surface area (Å²) in [5.41, 5.74) is 1.23. The smallest absolute Gasteiger partial charge is 0.317 e. The van der Waals surface area contributed by atoms with Crippen molar-refractivity contribution in [3.8, 4) is 0 Å². The second kappa shape index (κ2) is 9.60. The largest absolute Gasteiger partial charge is 0.356 e. The zero-order valence-electron chi connectivity index (χ0n) is 15.6. The molecular formula is C21H31N3O2. The van der Waals surface area contributed by atoms with Crippen LogP contribution in [0.5, 0.6) is 0 Å². The molecule has 142 valence electrons. The first-order chi connectivity index (χ1) is 12.8. The summed E-state index contributed by atoms with van der Waals surface area (Å²) in [7, 11) is 0. The number of hydrogen-bond acceptors (Lipinski definition) is 2. The van der Waals surface area contributed by atoms with E-state index in [-0.39, 0.29) is 23.9 Å². The summed E-state index contributed by atoms with van der Waals surface area (Å²) in [6, 6.07) is 10.2. The Labute approximate surface area is 156 Å². The molecule has 5 nitrogen and oxygen atoms in total. The average Bonchev–Trinajstić information content (AvgIpc) is 2.68. The number of fused-ring (bicyclic) bond motifs is 1. The predicted molar refractivity (Wildman–Crippen MR) is 103 cm³/mol. The van der Waals surface area contributed by atoms with Gasteiger partial charge in [0.15, 0.2) is 0 Å². The van der Waals surface area contributed by atoms with Crippen molar-refractivity contribution in [2.45, 2.75) is 57.4 Å². The molecule has 2 fully saturated rings. The Morgan fingerprint density at radius 3 is 2.73 bits per heavy atom. The van der Waals surface area contributed by atoms with Gasteiger partial charge in [-0.25, -0.2) is 4.79 Å². The summed E-state index contributed by atoms with van der Waals surface area (Å²) in [5, 5.41) is 6.17. The van der Waals surface area contributed by atoms with Crippen molar-refractivity contribution < 1.29 is 9.59 Å². The number of carbonyl (C=O) groups is 2. The Hall–Kier alpha value is -2.04. The summed E-state index contributed by atoms with van der Waals surface area (Å²) in [4.78, 5) is 27.4. The van der Waals surface area contributed by atoms with Crippen LogP contribution in [0.15, 0.2) is 30.3 Å². The lowest BCUT2D eigenvalue weighted by molar-refractivity contribution is -0.128. The molecule has 1 saturated carbocycles. The van der Waals surface area contributed by atoms with E-state index in [4.69, 9.17) is 0 Å². The van der Waals surface area contributed by atoms with Crippen LogP contribution in [0.25, 0.3) is 0 Å². The van der Waals surface area contributed by atoms with Crippen molar-refractivity contribution in [2.24, 2.45) is 5.92 Å². The topological polar surface area (TPSA) is 61.4 Å². The first-order valence-corrected chi connectivity index (χ1v) is 10.1. The number of amides is 3. The van der Waals surface area contributed by atoms with Crippen molar-refractivity contribution in [2.75, 3.05) is 19.6 Å². The molecule has 3 amide bonds. The minimum Gasteiger partial charge on any atom is -0.356 e. The first-order valence-electron chi connectivity index (χ1n) is 10.1. The number of nitrogens with one attached hydrogen (secondary N) is 2. The van der Waals surface area contributed by atoms with Crippen LogP contribution >= 0.6 is 0 Å². The molecule has 2 aliphatic rings. The van der Waals surface area contributed by atoms with E-state index in [1.807, 2.05) is 23.1 Å². The fourth-order valence-electron chi connectivity index (χ4n) is 4.19. The van der Waals surface area contributed by atoms with Crippen LogP contribution < -0.4 is 10.6 Å². The van der Waals surface area contributed by atoms with E-state index in [0.29, 0.717) is 6.54 Å². The summed E-state index contributed by atoms with van der Waals surface area (Å²) in [6.07, 6.45) is 7.88. The SMILES string of the molecule is O=C1NCCCCCN(C(=O)NCCc2ccccc2)C2CCCCC12. The van der Waals surface area contributed by atoms with Crippen molar-refractivity contribution in [3.05, 3.63) is 35.9 Å². The zero-order chi connectivity index (χ0) is 18.2. The molecule has 1 aromatic carbocycles. The molecule has 2 atom stereocenters. The van der Waals surface area contributed by atoms with Gasteiger partial charge >= 0.3 is 6.03 Å². The Kier molecular flexibility index (Phi) is 6.92. The van der Waals surface area contributed by atoms with Gasteiger partial charge in [0.1, 0.15) is 0 Å². The molecule has 1 aromatic rings. The Balaban J connectivity index is 1.62. The zero-order valence-corrected chi connectivity index (χ0v) is 15.6. The lowest BCUT2D eigenvalue weighted by atomic mass is 9.82. The van der Waals surface area contributed by atoms with E-state index in [1.54, 1.807) is 0 Å². The number of rotatable bonds is 3. The predicted octanol–water partition coefficient (Wildman–Crippen LogP) is 3.10. The Morgan fingerprint density at radius 2 is 1.88 bits per heavy atom. The molecule has 1 saturated heterocycles. The lowest BCUT2D eigenvalue weighted by Crippen LogP contribution is -2.54. The van der Waals surface area contributed by atoms with Gasteiger partial charge in [0, 0.05) is 25.7 Å². The molecule has 1 heterocycles.